The fourth-order valence-corrected chi connectivity index (χ4v) is 2.09. The Bertz CT molecular complexity index is 412. The minimum atomic E-state index is -0.0288. The smallest absolute Gasteiger partial charge is 0.276 e. The second-order valence-corrected chi connectivity index (χ2v) is 5.30. The lowest BCUT2D eigenvalue weighted by atomic mass is 9.93. The Morgan fingerprint density at radius 2 is 2.35 bits per heavy atom. The van der Waals surface area contributed by atoms with Crippen LogP contribution in [-0.4, -0.2) is 45.4 Å². The van der Waals surface area contributed by atoms with Crippen LogP contribution in [0.4, 0.5) is 0 Å². The molecule has 1 aliphatic heterocycles. The van der Waals surface area contributed by atoms with E-state index in [1.807, 2.05) is 4.90 Å². The van der Waals surface area contributed by atoms with Crippen molar-refractivity contribution in [2.75, 3.05) is 19.6 Å². The van der Waals surface area contributed by atoms with E-state index < -0.39 is 0 Å². The van der Waals surface area contributed by atoms with Crippen LogP contribution in [0.2, 0.25) is 0 Å². The van der Waals surface area contributed by atoms with Crippen molar-refractivity contribution >= 4 is 5.91 Å². The van der Waals surface area contributed by atoms with Crippen LogP contribution in [0.25, 0.3) is 0 Å². The van der Waals surface area contributed by atoms with Gasteiger partial charge in [0.15, 0.2) is 5.69 Å². The van der Waals surface area contributed by atoms with Crippen molar-refractivity contribution in [1.29, 1.82) is 0 Å². The van der Waals surface area contributed by atoms with Crippen LogP contribution in [0.15, 0.2) is 6.20 Å². The maximum absolute atomic E-state index is 12.1. The van der Waals surface area contributed by atoms with Crippen LogP contribution in [0, 0.1) is 5.41 Å². The van der Waals surface area contributed by atoms with E-state index in [1.165, 1.54) is 0 Å². The molecular formula is C11H19N5O. The van der Waals surface area contributed by atoms with Gasteiger partial charge in [-0.3, -0.25) is 9.48 Å². The summed E-state index contributed by atoms with van der Waals surface area (Å²) in [5, 5.41) is 7.77. The molecule has 0 unspecified atom stereocenters. The zero-order chi connectivity index (χ0) is 12.5. The molecule has 1 amide bonds. The van der Waals surface area contributed by atoms with E-state index in [9.17, 15) is 4.79 Å². The van der Waals surface area contributed by atoms with Crippen molar-refractivity contribution in [3.05, 3.63) is 11.9 Å². The number of likely N-dealkylation sites (tertiary alicyclic amines) is 1. The van der Waals surface area contributed by atoms with Crippen molar-refractivity contribution in [3.8, 4) is 0 Å². The van der Waals surface area contributed by atoms with Crippen LogP contribution in [0.3, 0.4) is 0 Å². The molecule has 0 aliphatic carbocycles. The van der Waals surface area contributed by atoms with Crippen molar-refractivity contribution in [2.45, 2.75) is 26.8 Å². The summed E-state index contributed by atoms with van der Waals surface area (Å²) in [6.45, 7) is 7.02. The monoisotopic (exact) mass is 237 g/mol. The average Bonchev–Trinajstić information content (AvgIpc) is 2.85. The number of rotatable bonds is 3. The molecule has 6 heteroatoms. The molecule has 0 aromatic carbocycles. The maximum atomic E-state index is 12.1. The van der Waals surface area contributed by atoms with E-state index in [-0.39, 0.29) is 11.3 Å². The molecule has 6 nitrogen and oxygen atoms in total. The van der Waals surface area contributed by atoms with E-state index in [2.05, 4.69) is 24.2 Å². The number of carbonyl (C=O) groups excluding carboxylic acids is 1. The molecule has 0 radical (unpaired) electrons. The van der Waals surface area contributed by atoms with Gasteiger partial charge in [-0.1, -0.05) is 19.1 Å². The first-order valence-electron chi connectivity index (χ1n) is 5.91. The third-order valence-electron chi connectivity index (χ3n) is 3.08. The highest BCUT2D eigenvalue weighted by Gasteiger charge is 2.33. The predicted octanol–water partition coefficient (Wildman–Crippen LogP) is 0.109. The van der Waals surface area contributed by atoms with Crippen LogP contribution in [0.1, 0.15) is 30.8 Å². The van der Waals surface area contributed by atoms with Gasteiger partial charge in [0, 0.05) is 19.6 Å². The highest BCUT2D eigenvalue weighted by atomic mass is 16.2. The lowest BCUT2D eigenvalue weighted by molar-refractivity contribution is 0.0772. The SMILES string of the molecule is CC1(C)CCN(C(=O)c2cn(CCN)nn2)C1. The highest BCUT2D eigenvalue weighted by molar-refractivity contribution is 5.92. The van der Waals surface area contributed by atoms with Gasteiger partial charge in [0.2, 0.25) is 0 Å². The number of aromatic nitrogens is 3. The largest absolute Gasteiger partial charge is 0.337 e. The summed E-state index contributed by atoms with van der Waals surface area (Å²) in [4.78, 5) is 14.0. The molecule has 2 N–H and O–H groups in total. The molecular weight excluding hydrogens is 218 g/mol. The van der Waals surface area contributed by atoms with Gasteiger partial charge in [-0.2, -0.15) is 0 Å². The number of hydrogen-bond acceptors (Lipinski definition) is 4. The number of nitrogens with zero attached hydrogens (tertiary/aromatic N) is 4. The molecule has 1 fully saturated rings. The molecule has 1 aromatic rings. The van der Waals surface area contributed by atoms with Gasteiger partial charge in [0.1, 0.15) is 0 Å². The van der Waals surface area contributed by atoms with E-state index in [0.29, 0.717) is 18.8 Å². The Kier molecular flexibility index (Phi) is 3.15. The molecule has 0 spiro atoms. The standard InChI is InChI=1S/C11H19N5O/c1-11(2)3-5-15(8-11)10(17)9-7-16(6-4-12)14-13-9/h7H,3-6,8,12H2,1-2H3. The number of amides is 1. The van der Waals surface area contributed by atoms with Crippen molar-refractivity contribution in [3.63, 3.8) is 0 Å². The fraction of sp³-hybridized carbons (Fsp3) is 0.727. The number of nitrogens with two attached hydrogens (primary N) is 1. The third kappa shape index (κ3) is 2.63. The van der Waals surface area contributed by atoms with Gasteiger partial charge < -0.3 is 10.6 Å². The zero-order valence-electron chi connectivity index (χ0n) is 10.4. The summed E-state index contributed by atoms with van der Waals surface area (Å²) in [5.41, 5.74) is 6.04. The highest BCUT2D eigenvalue weighted by Crippen LogP contribution is 2.29. The average molecular weight is 237 g/mol. The van der Waals surface area contributed by atoms with Gasteiger partial charge in [-0.25, -0.2) is 0 Å². The molecule has 0 atom stereocenters. The van der Waals surface area contributed by atoms with Crippen LogP contribution in [0.5, 0.6) is 0 Å². The third-order valence-corrected chi connectivity index (χ3v) is 3.08. The normalized spacial score (nSPS) is 18.6. The first-order valence-corrected chi connectivity index (χ1v) is 5.91. The Morgan fingerprint density at radius 1 is 1.59 bits per heavy atom. The van der Waals surface area contributed by atoms with Gasteiger partial charge in [-0.05, 0) is 11.8 Å². The quantitative estimate of drug-likeness (QED) is 0.809. The van der Waals surface area contributed by atoms with Crippen molar-refractivity contribution in [2.24, 2.45) is 11.1 Å². The molecule has 0 bridgehead atoms. The molecule has 0 saturated carbocycles. The number of hydrogen-bond donors (Lipinski definition) is 1. The second kappa shape index (κ2) is 4.44. The summed E-state index contributed by atoms with van der Waals surface area (Å²) in [6, 6.07) is 0. The summed E-state index contributed by atoms with van der Waals surface area (Å²) in [5.74, 6) is -0.0288. The Balaban J connectivity index is 2.04. The van der Waals surface area contributed by atoms with E-state index >= 15 is 0 Å². The van der Waals surface area contributed by atoms with Gasteiger partial charge in [0.05, 0.1) is 12.7 Å². The van der Waals surface area contributed by atoms with Crippen LogP contribution in [-0.2, 0) is 6.54 Å². The first-order chi connectivity index (χ1) is 8.02. The van der Waals surface area contributed by atoms with E-state index in [4.69, 9.17) is 5.73 Å². The summed E-state index contributed by atoms with van der Waals surface area (Å²) >= 11 is 0. The first kappa shape index (κ1) is 12.0. The van der Waals surface area contributed by atoms with Gasteiger partial charge in [-0.15, -0.1) is 5.10 Å². The summed E-state index contributed by atoms with van der Waals surface area (Å²) in [6.07, 6.45) is 2.70. The van der Waals surface area contributed by atoms with Gasteiger partial charge >= 0.3 is 0 Å². The van der Waals surface area contributed by atoms with Gasteiger partial charge in [0.25, 0.3) is 5.91 Å². The zero-order valence-corrected chi connectivity index (χ0v) is 10.4. The maximum Gasteiger partial charge on any atom is 0.276 e. The molecule has 1 aliphatic rings. The minimum Gasteiger partial charge on any atom is -0.337 e. The second-order valence-electron chi connectivity index (χ2n) is 5.30. The Hall–Kier alpha value is -1.43. The predicted molar refractivity (Wildman–Crippen MR) is 63.4 cm³/mol. The Morgan fingerprint density at radius 3 is 2.94 bits per heavy atom. The molecule has 2 rings (SSSR count). The summed E-state index contributed by atoms with van der Waals surface area (Å²) < 4.78 is 1.61. The molecule has 17 heavy (non-hydrogen) atoms. The van der Waals surface area contributed by atoms with E-state index in [0.717, 1.165) is 19.5 Å². The molecule has 1 saturated heterocycles. The topological polar surface area (TPSA) is 77.0 Å². The van der Waals surface area contributed by atoms with Crippen LogP contribution >= 0.6 is 0 Å². The summed E-state index contributed by atoms with van der Waals surface area (Å²) in [7, 11) is 0. The lowest BCUT2D eigenvalue weighted by Gasteiger charge is -2.18. The van der Waals surface area contributed by atoms with E-state index in [1.54, 1.807) is 10.9 Å². The lowest BCUT2D eigenvalue weighted by Crippen LogP contribution is -2.30. The van der Waals surface area contributed by atoms with Crippen molar-refractivity contribution in [1.82, 2.24) is 19.9 Å². The van der Waals surface area contributed by atoms with Crippen molar-refractivity contribution < 1.29 is 4.79 Å². The molecule has 94 valence electrons. The molecule has 1 aromatic heterocycles. The molecule has 2 heterocycles. The fourth-order valence-electron chi connectivity index (χ4n) is 2.09. The Labute approximate surface area is 101 Å². The minimum absolute atomic E-state index is 0.0288. The number of carbonyl (C=O) groups is 1. The van der Waals surface area contributed by atoms with Crippen LogP contribution < -0.4 is 5.73 Å².